The number of benzene rings is 2. The maximum absolute atomic E-state index is 12.9. The first-order valence-corrected chi connectivity index (χ1v) is 9.42. The molecule has 25 heavy (non-hydrogen) atoms. The molecule has 0 fully saturated rings. The molecule has 0 atom stereocenters. The van der Waals surface area contributed by atoms with E-state index in [0.29, 0.717) is 10.9 Å². The van der Waals surface area contributed by atoms with E-state index >= 15 is 0 Å². The van der Waals surface area contributed by atoms with Crippen molar-refractivity contribution in [2.75, 3.05) is 20.2 Å². The maximum atomic E-state index is 12.9. The normalized spacial score (nSPS) is 11.8. The molecule has 0 unspecified atom stereocenters. The van der Waals surface area contributed by atoms with E-state index in [-0.39, 0.29) is 18.0 Å². The highest BCUT2D eigenvalue weighted by Gasteiger charge is 2.23. The summed E-state index contributed by atoms with van der Waals surface area (Å²) in [5.74, 6) is 0.721. The van der Waals surface area contributed by atoms with Crippen LogP contribution >= 0.6 is 0 Å². The van der Waals surface area contributed by atoms with E-state index in [1.165, 1.54) is 4.31 Å². The zero-order chi connectivity index (χ0) is 17.9. The Morgan fingerprint density at radius 2 is 1.80 bits per heavy atom. The van der Waals surface area contributed by atoms with Gasteiger partial charge < -0.3 is 4.74 Å². The number of rotatable bonds is 6. The number of aryl methyl sites for hydroxylation is 1. The zero-order valence-corrected chi connectivity index (χ0v) is 15.0. The summed E-state index contributed by atoms with van der Waals surface area (Å²) in [6, 6.07) is 16.3. The van der Waals surface area contributed by atoms with Gasteiger partial charge in [-0.05, 0) is 42.8 Å². The lowest BCUT2D eigenvalue weighted by Gasteiger charge is -2.19. The second-order valence-corrected chi connectivity index (χ2v) is 7.78. The lowest BCUT2D eigenvalue weighted by molar-refractivity contribution is 0.287. The summed E-state index contributed by atoms with van der Waals surface area (Å²) >= 11 is 0. The molecule has 6 heteroatoms. The van der Waals surface area contributed by atoms with Crippen LogP contribution in [-0.2, 0) is 10.0 Å². The van der Waals surface area contributed by atoms with E-state index in [9.17, 15) is 8.42 Å². The third-order valence-corrected chi connectivity index (χ3v) is 5.95. The molecule has 0 amide bonds. The quantitative estimate of drug-likeness (QED) is 0.680. The molecule has 0 aliphatic carbocycles. The van der Waals surface area contributed by atoms with Gasteiger partial charge in [0.05, 0.1) is 10.4 Å². The van der Waals surface area contributed by atoms with Crippen LogP contribution in [0.5, 0.6) is 5.75 Å². The Balaban J connectivity index is 1.80. The van der Waals surface area contributed by atoms with E-state index in [1.54, 1.807) is 37.5 Å². The second kappa shape index (κ2) is 7.21. The first kappa shape index (κ1) is 17.4. The van der Waals surface area contributed by atoms with Gasteiger partial charge in [0.2, 0.25) is 10.0 Å². The molecule has 130 valence electrons. The van der Waals surface area contributed by atoms with Crippen LogP contribution in [0.1, 0.15) is 5.56 Å². The predicted molar refractivity (Wildman–Crippen MR) is 98.2 cm³/mol. The van der Waals surface area contributed by atoms with Gasteiger partial charge in [-0.15, -0.1) is 0 Å². The first-order chi connectivity index (χ1) is 12.0. The van der Waals surface area contributed by atoms with Crippen molar-refractivity contribution in [1.29, 1.82) is 0 Å². The summed E-state index contributed by atoms with van der Waals surface area (Å²) in [7, 11) is -2.06. The molecule has 2 aromatic carbocycles. The fourth-order valence-electron chi connectivity index (χ4n) is 2.61. The molecule has 0 saturated carbocycles. The van der Waals surface area contributed by atoms with Crippen LogP contribution in [0.2, 0.25) is 0 Å². The Labute approximate surface area is 147 Å². The maximum Gasteiger partial charge on any atom is 0.243 e. The summed E-state index contributed by atoms with van der Waals surface area (Å²) in [5.41, 5.74) is 1.65. The number of fused-ring (bicyclic) bond motifs is 1. The third-order valence-electron chi connectivity index (χ3n) is 4.04. The number of nitrogens with zero attached hydrogens (tertiary/aromatic N) is 2. The number of aromatic nitrogens is 1. The molecule has 0 N–H and O–H groups in total. The number of pyridine rings is 1. The number of hydrogen-bond donors (Lipinski definition) is 0. The SMILES string of the molecule is Cc1ccc(S(=O)(=O)N(C)CCOc2ccccc2)c2cccnc12. The summed E-state index contributed by atoms with van der Waals surface area (Å²) < 4.78 is 32.8. The monoisotopic (exact) mass is 356 g/mol. The van der Waals surface area contributed by atoms with Crippen LogP contribution in [0.15, 0.2) is 65.7 Å². The molecule has 0 saturated heterocycles. The van der Waals surface area contributed by atoms with Gasteiger partial charge in [0.15, 0.2) is 0 Å². The minimum absolute atomic E-state index is 0.257. The van der Waals surface area contributed by atoms with E-state index < -0.39 is 10.0 Å². The standard InChI is InChI=1S/C19H20N2O3S/c1-15-10-11-18(17-9-6-12-20-19(15)17)25(22,23)21(2)13-14-24-16-7-4-3-5-8-16/h3-12H,13-14H2,1-2H3. The highest BCUT2D eigenvalue weighted by atomic mass is 32.2. The molecule has 0 radical (unpaired) electrons. The van der Waals surface area contributed by atoms with Crippen LogP contribution < -0.4 is 4.74 Å². The second-order valence-electron chi connectivity index (χ2n) is 5.77. The summed E-state index contributed by atoms with van der Waals surface area (Å²) in [6.07, 6.45) is 1.67. The largest absolute Gasteiger partial charge is 0.492 e. The molecule has 0 bridgehead atoms. The lowest BCUT2D eigenvalue weighted by Crippen LogP contribution is -2.31. The van der Waals surface area contributed by atoms with Gasteiger partial charge in [0, 0.05) is 25.2 Å². The number of hydrogen-bond acceptors (Lipinski definition) is 4. The van der Waals surface area contributed by atoms with E-state index in [0.717, 1.165) is 11.3 Å². The van der Waals surface area contributed by atoms with Crippen LogP contribution in [-0.4, -0.2) is 37.9 Å². The van der Waals surface area contributed by atoms with Crippen LogP contribution in [0.4, 0.5) is 0 Å². The highest BCUT2D eigenvalue weighted by Crippen LogP contribution is 2.26. The van der Waals surface area contributed by atoms with Crippen molar-refractivity contribution in [3.63, 3.8) is 0 Å². The Kier molecular flexibility index (Phi) is 5.01. The molecular formula is C19H20N2O3S. The molecule has 3 rings (SSSR count). The third kappa shape index (κ3) is 3.65. The Morgan fingerprint density at radius 1 is 1.04 bits per heavy atom. The Morgan fingerprint density at radius 3 is 2.56 bits per heavy atom. The Hall–Kier alpha value is -2.44. The predicted octanol–water partition coefficient (Wildman–Crippen LogP) is 3.24. The van der Waals surface area contributed by atoms with Crippen molar-refractivity contribution in [3.05, 3.63) is 66.4 Å². The van der Waals surface area contributed by atoms with Crippen molar-refractivity contribution in [3.8, 4) is 5.75 Å². The van der Waals surface area contributed by atoms with Crippen LogP contribution in [0, 0.1) is 6.92 Å². The van der Waals surface area contributed by atoms with Gasteiger partial charge in [-0.2, -0.15) is 4.31 Å². The summed E-state index contributed by atoms with van der Waals surface area (Å²) in [5, 5.41) is 0.637. The topological polar surface area (TPSA) is 59.5 Å². The van der Waals surface area contributed by atoms with E-state index in [2.05, 4.69) is 4.98 Å². The highest BCUT2D eigenvalue weighted by molar-refractivity contribution is 7.89. The minimum Gasteiger partial charge on any atom is -0.492 e. The van der Waals surface area contributed by atoms with Gasteiger partial charge in [0.1, 0.15) is 12.4 Å². The molecule has 3 aromatic rings. The summed E-state index contributed by atoms with van der Waals surface area (Å²) in [4.78, 5) is 4.58. The molecule has 1 aromatic heterocycles. The Bertz CT molecular complexity index is 972. The first-order valence-electron chi connectivity index (χ1n) is 7.98. The van der Waals surface area contributed by atoms with Crippen molar-refractivity contribution in [1.82, 2.24) is 9.29 Å². The molecule has 0 aliphatic rings. The smallest absolute Gasteiger partial charge is 0.243 e. The molecule has 5 nitrogen and oxygen atoms in total. The van der Waals surface area contributed by atoms with Crippen molar-refractivity contribution in [2.24, 2.45) is 0 Å². The molecule has 0 aliphatic heterocycles. The fourth-order valence-corrected chi connectivity index (χ4v) is 3.94. The number of likely N-dealkylation sites (N-methyl/N-ethyl adjacent to an activating group) is 1. The summed E-state index contributed by atoms with van der Waals surface area (Å²) in [6.45, 7) is 2.46. The molecular weight excluding hydrogens is 336 g/mol. The average molecular weight is 356 g/mol. The zero-order valence-electron chi connectivity index (χ0n) is 14.2. The lowest BCUT2D eigenvalue weighted by atomic mass is 10.1. The fraction of sp³-hybridized carbons (Fsp3) is 0.211. The van der Waals surface area contributed by atoms with Crippen molar-refractivity contribution in [2.45, 2.75) is 11.8 Å². The van der Waals surface area contributed by atoms with Gasteiger partial charge in [-0.1, -0.05) is 24.3 Å². The van der Waals surface area contributed by atoms with Gasteiger partial charge >= 0.3 is 0 Å². The van der Waals surface area contributed by atoms with E-state index in [1.807, 2.05) is 37.3 Å². The van der Waals surface area contributed by atoms with Crippen LogP contribution in [0.25, 0.3) is 10.9 Å². The number of sulfonamides is 1. The molecule has 0 spiro atoms. The van der Waals surface area contributed by atoms with E-state index in [4.69, 9.17) is 4.74 Å². The van der Waals surface area contributed by atoms with Gasteiger partial charge in [-0.3, -0.25) is 4.98 Å². The minimum atomic E-state index is -3.62. The van der Waals surface area contributed by atoms with Crippen molar-refractivity contribution < 1.29 is 13.2 Å². The van der Waals surface area contributed by atoms with Crippen molar-refractivity contribution >= 4 is 20.9 Å². The number of para-hydroxylation sites is 1. The average Bonchev–Trinajstić information content (AvgIpc) is 2.63. The number of ether oxygens (including phenoxy) is 1. The van der Waals surface area contributed by atoms with Gasteiger partial charge in [0.25, 0.3) is 0 Å². The van der Waals surface area contributed by atoms with Gasteiger partial charge in [-0.25, -0.2) is 8.42 Å². The van der Waals surface area contributed by atoms with Crippen LogP contribution in [0.3, 0.4) is 0 Å². The molecule has 1 heterocycles.